The summed E-state index contributed by atoms with van der Waals surface area (Å²) < 4.78 is 30.5. The molecule has 1 aliphatic heterocycles. The first-order valence-electron chi connectivity index (χ1n) is 17.6. The lowest BCUT2D eigenvalue weighted by molar-refractivity contribution is -0.160. The average Bonchev–Trinajstić information content (AvgIpc) is 3.81. The molecule has 6 atom stereocenters. The molecule has 6 rings (SSSR count). The highest BCUT2D eigenvalue weighted by Gasteiger charge is 2.70. The SMILES string of the molecule is C=C(C)C(=O)OC1C2CC3C1OC(=O)C3C2C(=O)Oc1ccc(O)cn1.C=C(C)C(=O)OCCC(=O)Oc1ccc(=O)[nH]c1.C=C(C)C(=O)OCc1ccc[nH]c1=O. The molecule has 4 heterocycles. The van der Waals surface area contributed by atoms with E-state index in [-0.39, 0.29) is 71.1 Å². The van der Waals surface area contributed by atoms with Gasteiger partial charge >= 0.3 is 35.8 Å². The predicted octanol–water partition coefficient (Wildman–Crippen LogP) is 2.77. The van der Waals surface area contributed by atoms with Crippen molar-refractivity contribution in [3.05, 3.63) is 118 Å². The lowest BCUT2D eigenvalue weighted by Gasteiger charge is -2.30. The summed E-state index contributed by atoms with van der Waals surface area (Å²) in [6, 6.07) is 8.58. The molecule has 3 N–H and O–H groups in total. The van der Waals surface area contributed by atoms with Crippen LogP contribution < -0.4 is 20.6 Å². The second kappa shape index (κ2) is 19.7. The second-order valence-corrected chi connectivity index (χ2v) is 13.4. The molecule has 6 unspecified atom stereocenters. The zero-order chi connectivity index (χ0) is 42.7. The summed E-state index contributed by atoms with van der Waals surface area (Å²) in [4.78, 5) is 101. The Bertz CT molecular complexity index is 2190. The molecule has 0 amide bonds. The third-order valence-electron chi connectivity index (χ3n) is 8.82. The van der Waals surface area contributed by atoms with Crippen molar-refractivity contribution in [2.24, 2.45) is 23.7 Å². The number of H-pyrrole nitrogens is 2. The topological polar surface area (TPSA) is 257 Å². The minimum absolute atomic E-state index is 0.0222. The molecule has 2 bridgehead atoms. The van der Waals surface area contributed by atoms with Gasteiger partial charge in [-0.25, -0.2) is 19.4 Å². The molecule has 3 aromatic rings. The third-order valence-corrected chi connectivity index (χ3v) is 8.82. The van der Waals surface area contributed by atoms with E-state index >= 15 is 0 Å². The van der Waals surface area contributed by atoms with Gasteiger partial charge in [0.1, 0.15) is 36.9 Å². The van der Waals surface area contributed by atoms with Crippen molar-refractivity contribution in [2.75, 3.05) is 6.61 Å². The third kappa shape index (κ3) is 11.5. The van der Waals surface area contributed by atoms with Crippen LogP contribution in [0.2, 0.25) is 0 Å². The molecule has 0 spiro atoms. The molecule has 306 valence electrons. The fourth-order valence-corrected chi connectivity index (χ4v) is 6.13. The van der Waals surface area contributed by atoms with E-state index in [0.717, 1.165) is 6.20 Å². The molecule has 2 saturated carbocycles. The summed E-state index contributed by atoms with van der Waals surface area (Å²) in [5.41, 5.74) is 0.705. The Morgan fingerprint density at radius 1 is 0.862 bits per heavy atom. The lowest BCUT2D eigenvalue weighted by Crippen LogP contribution is -2.44. The van der Waals surface area contributed by atoms with E-state index in [1.165, 1.54) is 50.5 Å². The summed E-state index contributed by atoms with van der Waals surface area (Å²) in [6.07, 6.45) is 3.23. The molecule has 18 heteroatoms. The molecule has 18 nitrogen and oxygen atoms in total. The number of aromatic amines is 2. The first kappa shape index (κ1) is 43.6. The van der Waals surface area contributed by atoms with Crippen LogP contribution in [0.15, 0.2) is 101 Å². The smallest absolute Gasteiger partial charge is 0.333 e. The van der Waals surface area contributed by atoms with Crippen molar-refractivity contribution in [3.63, 3.8) is 0 Å². The van der Waals surface area contributed by atoms with E-state index in [2.05, 4.69) is 34.7 Å². The number of ether oxygens (including phenoxy) is 6. The normalized spacial score (nSPS) is 20.4. The van der Waals surface area contributed by atoms with Crippen molar-refractivity contribution in [2.45, 2.75) is 52.4 Å². The number of carbonyl (C=O) groups excluding carboxylic acids is 6. The second-order valence-electron chi connectivity index (χ2n) is 13.4. The molecule has 58 heavy (non-hydrogen) atoms. The first-order chi connectivity index (χ1) is 27.5. The van der Waals surface area contributed by atoms with Crippen LogP contribution >= 0.6 is 0 Å². The quantitative estimate of drug-likeness (QED) is 0.135. The van der Waals surface area contributed by atoms with Crippen LogP contribution in [0.25, 0.3) is 0 Å². The van der Waals surface area contributed by atoms with Gasteiger partial charge in [-0.2, -0.15) is 0 Å². The minimum Gasteiger partial charge on any atom is -0.506 e. The number of aromatic hydroxyl groups is 1. The Balaban J connectivity index is 0.000000204. The van der Waals surface area contributed by atoms with E-state index in [1.54, 1.807) is 19.1 Å². The van der Waals surface area contributed by atoms with Gasteiger partial charge in [0.15, 0.2) is 0 Å². The van der Waals surface area contributed by atoms with Crippen LogP contribution in [-0.4, -0.2) is 74.7 Å². The largest absolute Gasteiger partial charge is 0.506 e. The Labute approximate surface area is 330 Å². The number of hydrogen-bond acceptors (Lipinski definition) is 16. The van der Waals surface area contributed by atoms with E-state index in [0.29, 0.717) is 17.6 Å². The summed E-state index contributed by atoms with van der Waals surface area (Å²) in [5, 5.41) is 9.25. The summed E-state index contributed by atoms with van der Waals surface area (Å²) in [6.45, 7) is 14.9. The molecule has 2 aliphatic carbocycles. The van der Waals surface area contributed by atoms with Crippen molar-refractivity contribution in [1.82, 2.24) is 15.0 Å². The average molecular weight is 804 g/mol. The highest BCUT2D eigenvalue weighted by Crippen LogP contribution is 2.59. The molecule has 1 saturated heterocycles. The van der Waals surface area contributed by atoms with Gasteiger partial charge < -0.3 is 43.5 Å². The van der Waals surface area contributed by atoms with Crippen molar-refractivity contribution in [3.8, 4) is 17.4 Å². The number of esters is 6. The number of aromatic nitrogens is 3. The maximum Gasteiger partial charge on any atom is 0.333 e. The van der Waals surface area contributed by atoms with Crippen LogP contribution in [0.5, 0.6) is 17.4 Å². The fraction of sp³-hybridized carbons (Fsp3) is 0.325. The van der Waals surface area contributed by atoms with Gasteiger partial charge in [-0.15, -0.1) is 0 Å². The van der Waals surface area contributed by atoms with Gasteiger partial charge in [0, 0.05) is 53.1 Å². The fourth-order valence-electron chi connectivity index (χ4n) is 6.13. The number of nitrogens with zero attached hydrogens (tertiary/aromatic N) is 1. The predicted molar refractivity (Wildman–Crippen MR) is 199 cm³/mol. The molecule has 0 aromatic carbocycles. The van der Waals surface area contributed by atoms with Crippen molar-refractivity contribution < 1.29 is 62.3 Å². The lowest BCUT2D eigenvalue weighted by atomic mass is 9.78. The Kier molecular flexibility index (Phi) is 14.8. The van der Waals surface area contributed by atoms with E-state index in [4.69, 9.17) is 28.4 Å². The van der Waals surface area contributed by atoms with Crippen LogP contribution in [-0.2, 0) is 54.3 Å². The van der Waals surface area contributed by atoms with Gasteiger partial charge in [0.2, 0.25) is 11.4 Å². The van der Waals surface area contributed by atoms with E-state index < -0.39 is 59.9 Å². The number of rotatable bonds is 12. The summed E-state index contributed by atoms with van der Waals surface area (Å²) >= 11 is 0. The highest BCUT2D eigenvalue weighted by molar-refractivity contribution is 5.89. The van der Waals surface area contributed by atoms with Gasteiger partial charge in [0.05, 0.1) is 30.0 Å². The van der Waals surface area contributed by atoms with Crippen molar-refractivity contribution in [1.29, 1.82) is 0 Å². The monoisotopic (exact) mass is 803 g/mol. The van der Waals surface area contributed by atoms with Gasteiger partial charge in [-0.05, 0) is 51.5 Å². The van der Waals surface area contributed by atoms with Crippen LogP contribution in [0, 0.1) is 23.7 Å². The number of pyridine rings is 3. The number of nitrogens with one attached hydrogen (secondary N) is 2. The number of carbonyl (C=O) groups is 6. The van der Waals surface area contributed by atoms with Crippen molar-refractivity contribution >= 4 is 35.8 Å². The molecule has 3 fully saturated rings. The van der Waals surface area contributed by atoms with Gasteiger partial charge in [-0.3, -0.25) is 24.0 Å². The molecule has 3 aliphatic rings. The molecular formula is C40H41N3O15. The first-order valence-corrected chi connectivity index (χ1v) is 17.6. The zero-order valence-electron chi connectivity index (χ0n) is 31.7. The zero-order valence-corrected chi connectivity index (χ0v) is 31.7. The summed E-state index contributed by atoms with van der Waals surface area (Å²) in [5.74, 6) is -4.93. The Hall–Kier alpha value is -7.11. The van der Waals surface area contributed by atoms with Gasteiger partial charge in [-0.1, -0.05) is 19.7 Å². The number of fused-ring (bicyclic) bond motifs is 1. The van der Waals surface area contributed by atoms with E-state index in [9.17, 15) is 43.5 Å². The van der Waals surface area contributed by atoms with Crippen LogP contribution in [0.4, 0.5) is 0 Å². The minimum atomic E-state index is -0.759. The Morgan fingerprint density at radius 2 is 1.55 bits per heavy atom. The van der Waals surface area contributed by atoms with Crippen LogP contribution in [0.1, 0.15) is 39.2 Å². The van der Waals surface area contributed by atoms with Crippen LogP contribution in [0.3, 0.4) is 0 Å². The summed E-state index contributed by atoms with van der Waals surface area (Å²) in [7, 11) is 0. The maximum absolute atomic E-state index is 12.7. The Morgan fingerprint density at radius 3 is 2.16 bits per heavy atom. The standard InChI is InChI=1S/C18H17NO7.C12H13NO5.C10H11NO3/c1-7(2)16(21)25-14-9-5-10-13(18(23)26-15(10)14)12(9)17(22)24-11-4-3-8(20)6-19-11;1-8(2)12(16)17-6-5-11(15)18-9-3-4-10(14)13-7-9;1-7(2)10(13)14-6-8-4-3-5-11-9(8)12/h3-4,6,9-10,12-15,20H,1,5H2,2H3;3-4,7H,1,5-6H2,2H3,(H,13,14);3-5H,1,6H2,2H3,(H,11,12). The van der Waals surface area contributed by atoms with Gasteiger partial charge in [0.25, 0.3) is 5.56 Å². The molecular weight excluding hydrogens is 762 g/mol. The maximum atomic E-state index is 12.7. The highest BCUT2D eigenvalue weighted by atomic mass is 16.6. The number of hydrogen-bond donors (Lipinski definition) is 3. The van der Waals surface area contributed by atoms with E-state index in [1.807, 2.05) is 0 Å². The molecule has 0 radical (unpaired) electrons. The molecule has 3 aromatic heterocycles.